The molecule has 0 aliphatic heterocycles. The van der Waals surface area contributed by atoms with Crippen molar-refractivity contribution < 1.29 is 4.79 Å². The molecule has 0 spiro atoms. The number of carbonyl (C=O) groups excluding carboxylic acids is 1. The summed E-state index contributed by atoms with van der Waals surface area (Å²) >= 11 is 0. The van der Waals surface area contributed by atoms with Crippen LogP contribution in [0.25, 0.3) is 0 Å². The lowest BCUT2D eigenvalue weighted by Crippen LogP contribution is -2.39. The summed E-state index contributed by atoms with van der Waals surface area (Å²) in [5.41, 5.74) is 5.23. The van der Waals surface area contributed by atoms with Crippen molar-refractivity contribution in [1.82, 2.24) is 5.32 Å². The van der Waals surface area contributed by atoms with Gasteiger partial charge in [0.2, 0.25) is 5.91 Å². The minimum absolute atomic E-state index is 0.0324. The smallest absolute Gasteiger partial charge is 0.221 e. The molecule has 3 N–H and O–H groups in total. The molecule has 2 fully saturated rings. The Bertz CT molecular complexity index is 209. The van der Waals surface area contributed by atoms with Gasteiger partial charge in [0, 0.05) is 18.5 Å². The largest absolute Gasteiger partial charge is 0.369 e. The molecule has 0 radical (unpaired) electrons. The predicted molar refractivity (Wildman–Crippen MR) is 55.6 cm³/mol. The molecule has 2 aliphatic carbocycles. The average molecular weight is 196 g/mol. The number of carbonyl (C=O) groups is 1. The first-order valence-corrected chi connectivity index (χ1v) is 5.71. The van der Waals surface area contributed by atoms with Gasteiger partial charge in [0.05, 0.1) is 0 Å². The summed E-state index contributed by atoms with van der Waals surface area (Å²) in [5.74, 6) is 1.56. The van der Waals surface area contributed by atoms with Crippen molar-refractivity contribution in [2.24, 2.45) is 23.5 Å². The minimum Gasteiger partial charge on any atom is -0.369 e. The van der Waals surface area contributed by atoms with E-state index in [1.807, 2.05) is 6.92 Å². The van der Waals surface area contributed by atoms with E-state index >= 15 is 0 Å². The Morgan fingerprint density at radius 3 is 2.21 bits per heavy atom. The van der Waals surface area contributed by atoms with Crippen LogP contribution in [0, 0.1) is 17.8 Å². The maximum atomic E-state index is 10.9. The van der Waals surface area contributed by atoms with Crippen LogP contribution in [0.3, 0.4) is 0 Å². The van der Waals surface area contributed by atoms with Gasteiger partial charge in [0.15, 0.2) is 0 Å². The second-order valence-corrected chi connectivity index (χ2v) is 4.91. The van der Waals surface area contributed by atoms with Gasteiger partial charge in [0.1, 0.15) is 0 Å². The van der Waals surface area contributed by atoms with E-state index in [4.69, 9.17) is 5.73 Å². The second kappa shape index (κ2) is 3.89. The summed E-state index contributed by atoms with van der Waals surface area (Å²) in [5, 5.41) is 3.52. The number of nitrogens with two attached hydrogens (primary N) is 1. The van der Waals surface area contributed by atoms with Gasteiger partial charge in [-0.15, -0.1) is 0 Å². The van der Waals surface area contributed by atoms with Crippen molar-refractivity contribution in [2.45, 2.75) is 38.6 Å². The molecule has 1 unspecified atom stereocenters. The molecule has 1 amide bonds. The fourth-order valence-corrected chi connectivity index (χ4v) is 2.04. The molecule has 0 aromatic heterocycles. The molecule has 80 valence electrons. The van der Waals surface area contributed by atoms with Gasteiger partial charge in [-0.2, -0.15) is 0 Å². The van der Waals surface area contributed by atoms with E-state index in [1.54, 1.807) is 0 Å². The number of rotatable bonds is 6. The summed E-state index contributed by atoms with van der Waals surface area (Å²) < 4.78 is 0. The van der Waals surface area contributed by atoms with E-state index in [2.05, 4.69) is 5.32 Å². The highest BCUT2D eigenvalue weighted by molar-refractivity contribution is 5.76. The van der Waals surface area contributed by atoms with Crippen LogP contribution in [0.4, 0.5) is 0 Å². The number of nitrogens with one attached hydrogen (secondary N) is 1. The summed E-state index contributed by atoms with van der Waals surface area (Å²) in [6, 6.07) is 0.678. The Morgan fingerprint density at radius 1 is 1.36 bits per heavy atom. The van der Waals surface area contributed by atoms with Crippen LogP contribution in [0.1, 0.15) is 32.6 Å². The highest BCUT2D eigenvalue weighted by Crippen LogP contribution is 2.44. The first-order chi connectivity index (χ1) is 6.68. The number of hydrogen-bond donors (Lipinski definition) is 2. The maximum absolute atomic E-state index is 10.9. The predicted octanol–water partition coefficient (Wildman–Crippen LogP) is 0.886. The van der Waals surface area contributed by atoms with E-state index in [1.165, 1.54) is 25.7 Å². The lowest BCUT2D eigenvalue weighted by Gasteiger charge is -2.19. The van der Waals surface area contributed by atoms with Crippen molar-refractivity contribution in [2.75, 3.05) is 6.54 Å². The van der Waals surface area contributed by atoms with E-state index in [0.29, 0.717) is 6.04 Å². The van der Waals surface area contributed by atoms with Gasteiger partial charge in [-0.3, -0.25) is 4.79 Å². The zero-order valence-corrected chi connectivity index (χ0v) is 8.83. The second-order valence-electron chi connectivity index (χ2n) is 4.91. The van der Waals surface area contributed by atoms with Crippen LogP contribution in [0.5, 0.6) is 0 Å². The van der Waals surface area contributed by atoms with E-state index < -0.39 is 0 Å². The molecule has 2 rings (SSSR count). The molecule has 3 heteroatoms. The Labute approximate surface area is 85.4 Å². The molecular weight excluding hydrogens is 176 g/mol. The quantitative estimate of drug-likeness (QED) is 0.662. The van der Waals surface area contributed by atoms with Gasteiger partial charge in [-0.25, -0.2) is 0 Å². The summed E-state index contributed by atoms with van der Waals surface area (Å²) in [6.07, 6.45) is 5.50. The molecule has 0 saturated heterocycles. The van der Waals surface area contributed by atoms with Crippen LogP contribution in [-0.4, -0.2) is 18.5 Å². The van der Waals surface area contributed by atoms with Crippen molar-refractivity contribution >= 4 is 5.91 Å². The minimum atomic E-state index is -0.192. The first kappa shape index (κ1) is 9.97. The third-order valence-electron chi connectivity index (χ3n) is 3.41. The topological polar surface area (TPSA) is 55.1 Å². The monoisotopic (exact) mass is 196 g/mol. The van der Waals surface area contributed by atoms with Crippen LogP contribution in [0.2, 0.25) is 0 Å². The zero-order valence-electron chi connectivity index (χ0n) is 8.83. The fraction of sp³-hybridized carbons (Fsp3) is 0.909. The standard InChI is InChI=1S/C11H20N2O/c1-7(11(12)14)6-13-10(8-2-3-8)9-4-5-9/h7-10,13H,2-6H2,1H3,(H2,12,14). The van der Waals surface area contributed by atoms with Crippen molar-refractivity contribution in [3.63, 3.8) is 0 Å². The van der Waals surface area contributed by atoms with Crippen LogP contribution in [-0.2, 0) is 4.79 Å². The molecule has 0 aromatic carbocycles. The van der Waals surface area contributed by atoms with Crippen LogP contribution < -0.4 is 11.1 Å². The highest BCUT2D eigenvalue weighted by Gasteiger charge is 2.41. The SMILES string of the molecule is CC(CNC(C1CC1)C1CC1)C(N)=O. The van der Waals surface area contributed by atoms with Gasteiger partial charge >= 0.3 is 0 Å². The lowest BCUT2D eigenvalue weighted by atomic mass is 10.1. The van der Waals surface area contributed by atoms with Crippen LogP contribution >= 0.6 is 0 Å². The van der Waals surface area contributed by atoms with E-state index in [0.717, 1.165) is 18.4 Å². The lowest BCUT2D eigenvalue weighted by molar-refractivity contribution is -0.121. The zero-order chi connectivity index (χ0) is 10.1. The Kier molecular flexibility index (Phi) is 2.77. The molecule has 0 aromatic rings. The van der Waals surface area contributed by atoms with E-state index in [-0.39, 0.29) is 11.8 Å². The maximum Gasteiger partial charge on any atom is 0.221 e. The van der Waals surface area contributed by atoms with Gasteiger partial charge in [-0.05, 0) is 37.5 Å². The number of amides is 1. The Balaban J connectivity index is 1.73. The Morgan fingerprint density at radius 2 is 1.86 bits per heavy atom. The van der Waals surface area contributed by atoms with Crippen molar-refractivity contribution in [3.8, 4) is 0 Å². The molecule has 0 heterocycles. The van der Waals surface area contributed by atoms with Gasteiger partial charge in [0.25, 0.3) is 0 Å². The number of primary amides is 1. The third kappa shape index (κ3) is 2.47. The van der Waals surface area contributed by atoms with Gasteiger partial charge < -0.3 is 11.1 Å². The molecule has 14 heavy (non-hydrogen) atoms. The highest BCUT2D eigenvalue weighted by atomic mass is 16.1. The molecule has 0 bridgehead atoms. The summed E-state index contributed by atoms with van der Waals surface area (Å²) in [4.78, 5) is 10.9. The van der Waals surface area contributed by atoms with Crippen molar-refractivity contribution in [3.05, 3.63) is 0 Å². The molecule has 2 aliphatic rings. The van der Waals surface area contributed by atoms with Gasteiger partial charge in [-0.1, -0.05) is 6.92 Å². The normalized spacial score (nSPS) is 23.9. The van der Waals surface area contributed by atoms with E-state index in [9.17, 15) is 4.79 Å². The van der Waals surface area contributed by atoms with Crippen LogP contribution in [0.15, 0.2) is 0 Å². The molecule has 2 saturated carbocycles. The third-order valence-corrected chi connectivity index (χ3v) is 3.41. The van der Waals surface area contributed by atoms with Crippen molar-refractivity contribution in [1.29, 1.82) is 0 Å². The fourth-order valence-electron chi connectivity index (χ4n) is 2.04. The average Bonchev–Trinajstić information content (AvgIpc) is 2.99. The summed E-state index contributed by atoms with van der Waals surface area (Å²) in [6.45, 7) is 2.65. The summed E-state index contributed by atoms with van der Waals surface area (Å²) in [7, 11) is 0. The Hall–Kier alpha value is -0.570. The number of hydrogen-bond acceptors (Lipinski definition) is 2. The molecular formula is C11H20N2O. The molecule has 1 atom stereocenters. The first-order valence-electron chi connectivity index (χ1n) is 5.71. The molecule has 3 nitrogen and oxygen atoms in total.